The Balaban J connectivity index is 2.12. The van der Waals surface area contributed by atoms with E-state index in [1.54, 1.807) is 31.3 Å². The molecule has 7 heteroatoms. The second-order valence-corrected chi connectivity index (χ2v) is 5.19. The molecule has 0 radical (unpaired) electrons. The van der Waals surface area contributed by atoms with Crippen molar-refractivity contribution in [3.05, 3.63) is 62.4 Å². The minimum Gasteiger partial charge on any atom is -0.356 e. The first-order chi connectivity index (χ1) is 9.47. The van der Waals surface area contributed by atoms with Gasteiger partial charge in [-0.2, -0.15) is 0 Å². The molecule has 2 N–H and O–H groups in total. The van der Waals surface area contributed by atoms with Gasteiger partial charge in [-0.05, 0) is 34.5 Å². The summed E-state index contributed by atoms with van der Waals surface area (Å²) in [6.07, 6.45) is 1.66. The van der Waals surface area contributed by atoms with E-state index in [9.17, 15) is 14.9 Å². The molecule has 1 amide bonds. The lowest BCUT2D eigenvalue weighted by atomic mass is 10.1. The maximum Gasteiger partial charge on any atom is 0.269 e. The highest BCUT2D eigenvalue weighted by molar-refractivity contribution is 9.10. The number of non-ortho nitro benzene ring substituents is 1. The van der Waals surface area contributed by atoms with Crippen molar-refractivity contribution in [2.24, 2.45) is 0 Å². The van der Waals surface area contributed by atoms with Crippen molar-refractivity contribution >= 4 is 27.5 Å². The van der Waals surface area contributed by atoms with E-state index in [2.05, 4.69) is 26.2 Å². The lowest BCUT2D eigenvalue weighted by Crippen LogP contribution is -2.26. The van der Waals surface area contributed by atoms with Crippen LogP contribution in [-0.4, -0.2) is 15.8 Å². The first kappa shape index (κ1) is 14.3. The molecule has 0 fully saturated rings. The number of hydrogen-bond donors (Lipinski definition) is 2. The van der Waals surface area contributed by atoms with Gasteiger partial charge in [-0.1, -0.05) is 12.1 Å². The van der Waals surface area contributed by atoms with Gasteiger partial charge in [-0.25, -0.2) is 0 Å². The number of amides is 1. The van der Waals surface area contributed by atoms with Crippen LogP contribution in [0.5, 0.6) is 0 Å². The summed E-state index contributed by atoms with van der Waals surface area (Å²) in [7, 11) is 0. The Bertz CT molecular complexity index is 654. The summed E-state index contributed by atoms with van der Waals surface area (Å²) < 4.78 is 0.783. The molecule has 20 heavy (non-hydrogen) atoms. The highest BCUT2D eigenvalue weighted by Gasteiger charge is 2.15. The Labute approximate surface area is 123 Å². The molecular weight excluding hydrogens is 326 g/mol. The van der Waals surface area contributed by atoms with Crippen LogP contribution in [-0.2, 0) is 0 Å². The van der Waals surface area contributed by atoms with E-state index in [1.807, 2.05) is 0 Å². The molecule has 1 unspecified atom stereocenters. The van der Waals surface area contributed by atoms with E-state index >= 15 is 0 Å². The zero-order chi connectivity index (χ0) is 14.7. The van der Waals surface area contributed by atoms with Gasteiger partial charge in [0.2, 0.25) is 0 Å². The molecule has 1 heterocycles. The third-order valence-corrected chi connectivity index (χ3v) is 3.28. The predicted octanol–water partition coefficient (Wildman–Crippen LogP) is 3.18. The molecule has 0 spiro atoms. The molecule has 0 bridgehead atoms. The number of hydrogen-bond acceptors (Lipinski definition) is 3. The van der Waals surface area contributed by atoms with E-state index in [0.29, 0.717) is 11.3 Å². The Kier molecular flexibility index (Phi) is 4.19. The summed E-state index contributed by atoms with van der Waals surface area (Å²) in [6, 6.07) is 7.54. The second kappa shape index (κ2) is 5.87. The van der Waals surface area contributed by atoms with Gasteiger partial charge < -0.3 is 10.3 Å². The largest absolute Gasteiger partial charge is 0.356 e. The number of halogens is 1. The monoisotopic (exact) mass is 337 g/mol. The van der Waals surface area contributed by atoms with Crippen molar-refractivity contribution in [2.75, 3.05) is 0 Å². The van der Waals surface area contributed by atoms with Gasteiger partial charge >= 0.3 is 0 Å². The highest BCUT2D eigenvalue weighted by Crippen LogP contribution is 2.19. The Hall–Kier alpha value is -2.15. The van der Waals surface area contributed by atoms with Gasteiger partial charge in [0.15, 0.2) is 0 Å². The molecule has 1 atom stereocenters. The van der Waals surface area contributed by atoms with Crippen LogP contribution in [0.1, 0.15) is 29.0 Å². The minimum atomic E-state index is -0.458. The lowest BCUT2D eigenvalue weighted by molar-refractivity contribution is -0.384. The number of rotatable bonds is 4. The average molecular weight is 338 g/mol. The summed E-state index contributed by atoms with van der Waals surface area (Å²) in [5.74, 6) is -0.269. The molecule has 2 rings (SSSR count). The number of carbonyl (C=O) groups is 1. The zero-order valence-corrected chi connectivity index (χ0v) is 12.2. The number of nitro groups is 1. The van der Waals surface area contributed by atoms with E-state index in [-0.39, 0.29) is 17.6 Å². The lowest BCUT2D eigenvalue weighted by Gasteiger charge is -2.13. The second-order valence-electron chi connectivity index (χ2n) is 4.28. The van der Waals surface area contributed by atoms with Crippen molar-refractivity contribution in [1.29, 1.82) is 0 Å². The van der Waals surface area contributed by atoms with Crippen LogP contribution < -0.4 is 5.32 Å². The first-order valence-electron chi connectivity index (χ1n) is 5.86. The van der Waals surface area contributed by atoms with Gasteiger partial charge in [0.1, 0.15) is 5.69 Å². The maximum absolute atomic E-state index is 12.0. The molecule has 1 aromatic heterocycles. The number of carbonyl (C=O) groups excluding carboxylic acids is 1. The molecule has 0 saturated carbocycles. The van der Waals surface area contributed by atoms with Crippen LogP contribution in [0.3, 0.4) is 0 Å². The third kappa shape index (κ3) is 3.24. The number of aromatic amines is 1. The molecule has 1 aromatic carbocycles. The SMILES string of the molecule is CC(NC(=O)c1cc(Br)c[nH]1)c1cccc([N+](=O)[O-])c1. The average Bonchev–Trinajstić information content (AvgIpc) is 2.85. The van der Waals surface area contributed by atoms with Crippen LogP contribution in [0.15, 0.2) is 41.0 Å². The molecule has 0 saturated heterocycles. The zero-order valence-electron chi connectivity index (χ0n) is 10.6. The summed E-state index contributed by atoms with van der Waals surface area (Å²) in [5, 5.41) is 13.5. The number of nitrogens with one attached hydrogen (secondary N) is 2. The van der Waals surface area contributed by atoms with Crippen LogP contribution in [0.4, 0.5) is 5.69 Å². The molecule has 0 aliphatic heterocycles. The molecule has 104 valence electrons. The fourth-order valence-corrected chi connectivity index (χ4v) is 2.11. The molecule has 0 aliphatic rings. The van der Waals surface area contributed by atoms with Crippen molar-refractivity contribution < 1.29 is 9.72 Å². The predicted molar refractivity (Wildman–Crippen MR) is 77.5 cm³/mol. The number of benzene rings is 1. The molecule has 2 aromatic rings. The van der Waals surface area contributed by atoms with E-state index in [0.717, 1.165) is 4.47 Å². The van der Waals surface area contributed by atoms with Gasteiger partial charge in [0, 0.05) is 22.8 Å². The van der Waals surface area contributed by atoms with Crippen molar-refractivity contribution in [3.63, 3.8) is 0 Å². The van der Waals surface area contributed by atoms with Gasteiger partial charge in [-0.15, -0.1) is 0 Å². The number of nitro benzene ring substituents is 1. The van der Waals surface area contributed by atoms with E-state index in [4.69, 9.17) is 0 Å². The molecule has 6 nitrogen and oxygen atoms in total. The van der Waals surface area contributed by atoms with Gasteiger partial charge in [-0.3, -0.25) is 14.9 Å². The summed E-state index contributed by atoms with van der Waals surface area (Å²) in [4.78, 5) is 25.1. The Morgan fingerprint density at radius 2 is 2.20 bits per heavy atom. The fourth-order valence-electron chi connectivity index (χ4n) is 1.76. The Morgan fingerprint density at radius 1 is 1.45 bits per heavy atom. The standard InChI is InChI=1S/C13H12BrN3O3/c1-8(9-3-2-4-11(5-9)17(19)20)16-13(18)12-6-10(14)7-15-12/h2-8,15H,1H3,(H,16,18). The first-order valence-corrected chi connectivity index (χ1v) is 6.66. The summed E-state index contributed by atoms with van der Waals surface area (Å²) >= 11 is 3.25. The number of aromatic nitrogens is 1. The van der Waals surface area contributed by atoms with Crippen LogP contribution >= 0.6 is 15.9 Å². The smallest absolute Gasteiger partial charge is 0.269 e. The van der Waals surface area contributed by atoms with Crippen LogP contribution in [0, 0.1) is 10.1 Å². The highest BCUT2D eigenvalue weighted by atomic mass is 79.9. The van der Waals surface area contributed by atoms with Crippen LogP contribution in [0.2, 0.25) is 0 Å². The summed E-state index contributed by atoms with van der Waals surface area (Å²) in [6.45, 7) is 1.77. The topological polar surface area (TPSA) is 88.0 Å². The third-order valence-electron chi connectivity index (χ3n) is 2.82. The van der Waals surface area contributed by atoms with E-state index in [1.165, 1.54) is 12.1 Å². The van der Waals surface area contributed by atoms with Crippen LogP contribution in [0.25, 0.3) is 0 Å². The van der Waals surface area contributed by atoms with Crippen molar-refractivity contribution in [1.82, 2.24) is 10.3 Å². The minimum absolute atomic E-state index is 0.00576. The van der Waals surface area contributed by atoms with Crippen molar-refractivity contribution in [2.45, 2.75) is 13.0 Å². The summed E-state index contributed by atoms with van der Waals surface area (Å²) in [5.41, 5.74) is 1.11. The molecular formula is C13H12BrN3O3. The fraction of sp³-hybridized carbons (Fsp3) is 0.154. The van der Waals surface area contributed by atoms with Crippen molar-refractivity contribution in [3.8, 4) is 0 Å². The number of nitrogens with zero attached hydrogens (tertiary/aromatic N) is 1. The maximum atomic E-state index is 12.0. The quantitative estimate of drug-likeness (QED) is 0.663. The van der Waals surface area contributed by atoms with Gasteiger partial charge in [0.05, 0.1) is 11.0 Å². The Morgan fingerprint density at radius 3 is 2.80 bits per heavy atom. The molecule has 0 aliphatic carbocycles. The number of H-pyrrole nitrogens is 1. The normalized spacial score (nSPS) is 11.9. The van der Waals surface area contributed by atoms with E-state index < -0.39 is 4.92 Å². The van der Waals surface area contributed by atoms with Gasteiger partial charge in [0.25, 0.3) is 11.6 Å².